The van der Waals surface area contributed by atoms with Gasteiger partial charge in [-0.2, -0.15) is 0 Å². The lowest BCUT2D eigenvalue weighted by atomic mass is 10.4. The first kappa shape index (κ1) is 12.0. The molecule has 88 valence electrons. The molecule has 0 radical (unpaired) electrons. The molecule has 0 unspecified atom stereocenters. The van der Waals surface area contributed by atoms with Crippen LogP contribution in [0.4, 0.5) is 5.82 Å². The van der Waals surface area contributed by atoms with E-state index in [9.17, 15) is 10.1 Å². The van der Waals surface area contributed by atoms with Crippen LogP contribution < -0.4 is 0 Å². The number of rotatable bonds is 2. The molecule has 0 saturated carbocycles. The van der Waals surface area contributed by atoms with E-state index in [0.717, 1.165) is 0 Å². The van der Waals surface area contributed by atoms with E-state index in [1.807, 2.05) is 0 Å². The molecule has 0 aliphatic rings. The second-order valence-corrected chi connectivity index (χ2v) is 4.59. The Kier molecular flexibility index (Phi) is 3.12. The van der Waals surface area contributed by atoms with E-state index in [1.165, 1.54) is 10.9 Å². The van der Waals surface area contributed by atoms with Crippen LogP contribution in [0.1, 0.15) is 5.56 Å². The second kappa shape index (κ2) is 4.42. The van der Waals surface area contributed by atoms with Crippen LogP contribution >= 0.6 is 27.5 Å². The number of hydrogen-bond donors (Lipinski definition) is 0. The van der Waals surface area contributed by atoms with E-state index in [1.54, 1.807) is 19.2 Å². The Morgan fingerprint density at radius 3 is 2.82 bits per heavy atom. The van der Waals surface area contributed by atoms with Gasteiger partial charge in [-0.05, 0) is 33.8 Å². The molecule has 0 atom stereocenters. The molecule has 0 spiro atoms. The SMILES string of the molecule is Cc1cn(-c2ncc(Cl)cc2Br)nc1[N+](=O)[O-]. The van der Waals surface area contributed by atoms with Crippen molar-refractivity contribution in [3.63, 3.8) is 0 Å². The van der Waals surface area contributed by atoms with Gasteiger partial charge >= 0.3 is 5.82 Å². The highest BCUT2D eigenvalue weighted by atomic mass is 79.9. The van der Waals surface area contributed by atoms with Gasteiger partial charge in [-0.15, -0.1) is 4.68 Å². The van der Waals surface area contributed by atoms with Crippen molar-refractivity contribution < 1.29 is 4.92 Å². The lowest BCUT2D eigenvalue weighted by Crippen LogP contribution is -2.00. The van der Waals surface area contributed by atoms with Crippen molar-refractivity contribution >= 4 is 33.3 Å². The molecule has 0 fully saturated rings. The third kappa shape index (κ3) is 2.29. The molecular weight excluding hydrogens is 311 g/mol. The molecule has 0 aliphatic carbocycles. The normalized spacial score (nSPS) is 10.5. The number of hydrogen-bond acceptors (Lipinski definition) is 4. The molecule has 0 aliphatic heterocycles. The Morgan fingerprint density at radius 1 is 1.59 bits per heavy atom. The van der Waals surface area contributed by atoms with Crippen molar-refractivity contribution in [2.45, 2.75) is 6.92 Å². The summed E-state index contributed by atoms with van der Waals surface area (Å²) in [5.74, 6) is 0.263. The molecule has 2 rings (SSSR count). The Morgan fingerprint density at radius 2 is 2.29 bits per heavy atom. The third-order valence-corrected chi connectivity index (χ3v) is 2.84. The zero-order valence-electron chi connectivity index (χ0n) is 8.59. The summed E-state index contributed by atoms with van der Waals surface area (Å²) in [7, 11) is 0. The molecule has 8 heteroatoms. The molecule has 0 amide bonds. The van der Waals surface area contributed by atoms with Crippen molar-refractivity contribution in [1.82, 2.24) is 14.8 Å². The van der Waals surface area contributed by atoms with Crippen LogP contribution in [0.3, 0.4) is 0 Å². The predicted molar refractivity (Wildman–Crippen MR) is 65.5 cm³/mol. The van der Waals surface area contributed by atoms with Crippen LogP contribution in [-0.4, -0.2) is 19.7 Å². The lowest BCUT2D eigenvalue weighted by molar-refractivity contribution is -0.390. The van der Waals surface area contributed by atoms with Gasteiger partial charge in [0.25, 0.3) is 0 Å². The van der Waals surface area contributed by atoms with Crippen LogP contribution in [0.15, 0.2) is 22.9 Å². The summed E-state index contributed by atoms with van der Waals surface area (Å²) in [6.45, 7) is 1.62. The van der Waals surface area contributed by atoms with Crippen LogP contribution in [0.5, 0.6) is 0 Å². The summed E-state index contributed by atoms with van der Waals surface area (Å²) in [5, 5.41) is 15.0. The van der Waals surface area contributed by atoms with Crippen molar-refractivity contribution in [2.75, 3.05) is 0 Å². The van der Waals surface area contributed by atoms with Crippen LogP contribution in [0, 0.1) is 17.0 Å². The Bertz CT molecular complexity index is 599. The number of pyridine rings is 1. The van der Waals surface area contributed by atoms with Crippen molar-refractivity contribution in [1.29, 1.82) is 0 Å². The highest BCUT2D eigenvalue weighted by Crippen LogP contribution is 2.24. The van der Waals surface area contributed by atoms with Gasteiger partial charge in [0.1, 0.15) is 0 Å². The standard InChI is InChI=1S/C9H6BrClN4O2/c1-5-4-14(13-8(5)15(16)17)9-7(10)2-6(11)3-12-9/h2-4H,1H3. The maximum Gasteiger partial charge on any atom is 0.393 e. The summed E-state index contributed by atoms with van der Waals surface area (Å²) in [5.41, 5.74) is 0.471. The largest absolute Gasteiger partial charge is 0.393 e. The second-order valence-electron chi connectivity index (χ2n) is 3.30. The van der Waals surface area contributed by atoms with Gasteiger partial charge < -0.3 is 10.1 Å². The highest BCUT2D eigenvalue weighted by molar-refractivity contribution is 9.10. The van der Waals surface area contributed by atoms with Crippen LogP contribution in [-0.2, 0) is 0 Å². The first-order valence-corrected chi connectivity index (χ1v) is 5.68. The van der Waals surface area contributed by atoms with E-state index in [4.69, 9.17) is 11.6 Å². The van der Waals surface area contributed by atoms with E-state index < -0.39 is 4.92 Å². The molecule has 0 saturated heterocycles. The van der Waals surface area contributed by atoms with Crippen molar-refractivity contribution in [3.8, 4) is 5.82 Å². The zero-order valence-corrected chi connectivity index (χ0v) is 10.9. The van der Waals surface area contributed by atoms with E-state index in [0.29, 0.717) is 20.9 Å². The minimum absolute atomic E-state index is 0.186. The van der Waals surface area contributed by atoms with Gasteiger partial charge in [-0.1, -0.05) is 11.6 Å². The van der Waals surface area contributed by atoms with Gasteiger partial charge in [-0.25, -0.2) is 4.98 Å². The van der Waals surface area contributed by atoms with Gasteiger partial charge in [-0.3, -0.25) is 0 Å². The Balaban J connectivity index is 2.53. The smallest absolute Gasteiger partial charge is 0.358 e. The maximum atomic E-state index is 10.7. The molecule has 0 aromatic carbocycles. The summed E-state index contributed by atoms with van der Waals surface area (Å²) in [6, 6.07) is 1.65. The summed E-state index contributed by atoms with van der Waals surface area (Å²) in [6.07, 6.45) is 2.99. The van der Waals surface area contributed by atoms with Crippen molar-refractivity contribution in [2.24, 2.45) is 0 Å². The van der Waals surface area contributed by atoms with E-state index >= 15 is 0 Å². The molecule has 2 aromatic heterocycles. The zero-order chi connectivity index (χ0) is 12.6. The molecule has 2 heterocycles. The van der Waals surface area contributed by atoms with Gasteiger partial charge in [0.2, 0.25) is 0 Å². The molecule has 17 heavy (non-hydrogen) atoms. The van der Waals surface area contributed by atoms with E-state index in [-0.39, 0.29) is 5.82 Å². The van der Waals surface area contributed by atoms with E-state index in [2.05, 4.69) is 26.0 Å². The van der Waals surface area contributed by atoms with Crippen LogP contribution in [0.2, 0.25) is 5.02 Å². The first-order valence-electron chi connectivity index (χ1n) is 4.51. The van der Waals surface area contributed by atoms with Gasteiger partial charge in [0.15, 0.2) is 5.82 Å². The number of halogens is 2. The molecule has 0 N–H and O–H groups in total. The maximum absolute atomic E-state index is 10.7. The predicted octanol–water partition coefficient (Wildman–Crippen LogP) is 2.90. The summed E-state index contributed by atoms with van der Waals surface area (Å²) >= 11 is 9.04. The van der Waals surface area contributed by atoms with Gasteiger partial charge in [0, 0.05) is 6.20 Å². The first-order chi connectivity index (χ1) is 7.99. The molecular formula is C9H6BrClN4O2. The van der Waals surface area contributed by atoms with Gasteiger partial charge in [0.05, 0.1) is 26.4 Å². The highest BCUT2D eigenvalue weighted by Gasteiger charge is 2.19. The molecule has 2 aromatic rings. The monoisotopic (exact) mass is 316 g/mol. The number of aryl methyl sites for hydroxylation is 1. The lowest BCUT2D eigenvalue weighted by Gasteiger charge is -1.99. The minimum Gasteiger partial charge on any atom is -0.358 e. The fourth-order valence-corrected chi connectivity index (χ4v) is 2.14. The summed E-state index contributed by atoms with van der Waals surface area (Å²) < 4.78 is 1.95. The Hall–Kier alpha value is -1.47. The number of nitro groups is 1. The topological polar surface area (TPSA) is 73.8 Å². The van der Waals surface area contributed by atoms with Crippen LogP contribution in [0.25, 0.3) is 5.82 Å². The average molecular weight is 318 g/mol. The molecule has 6 nitrogen and oxygen atoms in total. The fraction of sp³-hybridized carbons (Fsp3) is 0.111. The minimum atomic E-state index is -0.532. The average Bonchev–Trinajstić information content (AvgIpc) is 2.60. The number of nitrogens with zero attached hydrogens (tertiary/aromatic N) is 4. The molecule has 0 bridgehead atoms. The number of aromatic nitrogens is 3. The fourth-order valence-electron chi connectivity index (χ4n) is 1.32. The Labute approximate surface area is 110 Å². The third-order valence-electron chi connectivity index (χ3n) is 2.05. The quantitative estimate of drug-likeness (QED) is 0.630. The van der Waals surface area contributed by atoms with Crippen molar-refractivity contribution in [3.05, 3.63) is 43.6 Å². The summed E-state index contributed by atoms with van der Waals surface area (Å²) in [4.78, 5) is 14.2.